The summed E-state index contributed by atoms with van der Waals surface area (Å²) in [5.74, 6) is 0.777. The fourth-order valence-corrected chi connectivity index (χ4v) is 5.32. The van der Waals surface area contributed by atoms with Gasteiger partial charge in [-0.3, -0.25) is 10.7 Å². The molecule has 1 aromatic carbocycles. The van der Waals surface area contributed by atoms with E-state index in [4.69, 9.17) is 10.1 Å². The van der Waals surface area contributed by atoms with Gasteiger partial charge >= 0.3 is 6.03 Å². The molecule has 12 heteroatoms. The van der Waals surface area contributed by atoms with Gasteiger partial charge in [0.1, 0.15) is 28.8 Å². The number of thiophene rings is 1. The number of amides is 2. The second-order valence-electron chi connectivity index (χ2n) is 8.66. The fraction of sp³-hybridized carbons (Fsp3) is 0.417. The molecule has 9 nitrogen and oxygen atoms in total. The van der Waals surface area contributed by atoms with Gasteiger partial charge in [0.25, 0.3) is 0 Å². The Hall–Kier alpha value is -2.80. The first-order chi connectivity index (χ1) is 16.4. The maximum Gasteiger partial charge on any atom is 0.322 e. The van der Waals surface area contributed by atoms with Crippen LogP contribution in [-0.4, -0.2) is 63.1 Å². The van der Waals surface area contributed by atoms with Crippen molar-refractivity contribution in [3.63, 3.8) is 0 Å². The van der Waals surface area contributed by atoms with Gasteiger partial charge in [-0.2, -0.15) is 0 Å². The molecule has 1 aliphatic rings. The Morgan fingerprint density at radius 2 is 2.00 bits per heavy atom. The number of carbonyl (C=O) groups excluding carboxylic acids is 1. The quantitative estimate of drug-likeness (QED) is 0.275. The third kappa shape index (κ3) is 6.69. The van der Waals surface area contributed by atoms with Crippen LogP contribution in [0.2, 0.25) is 0 Å². The first kappa shape index (κ1) is 29.4. The Balaban J connectivity index is 0.00000228. The van der Waals surface area contributed by atoms with Crippen molar-refractivity contribution in [1.82, 2.24) is 20.2 Å². The molecule has 1 fully saturated rings. The van der Waals surface area contributed by atoms with E-state index in [9.17, 15) is 9.18 Å². The maximum atomic E-state index is 14.7. The summed E-state index contributed by atoms with van der Waals surface area (Å²) in [4.78, 5) is 23.7. The summed E-state index contributed by atoms with van der Waals surface area (Å²) < 4.78 is 21.7. The van der Waals surface area contributed by atoms with Gasteiger partial charge in [-0.15, -0.1) is 23.1 Å². The predicted octanol–water partition coefficient (Wildman–Crippen LogP) is 4.15. The van der Waals surface area contributed by atoms with Gasteiger partial charge in [0.2, 0.25) is 5.88 Å². The van der Waals surface area contributed by atoms with Crippen molar-refractivity contribution in [1.29, 1.82) is 5.41 Å². The van der Waals surface area contributed by atoms with Crippen LogP contribution in [0.3, 0.4) is 0 Å². The van der Waals surface area contributed by atoms with Crippen molar-refractivity contribution >= 4 is 45.2 Å². The molecule has 36 heavy (non-hydrogen) atoms. The summed E-state index contributed by atoms with van der Waals surface area (Å²) in [6.07, 6.45) is 5.16. The summed E-state index contributed by atoms with van der Waals surface area (Å²) in [6, 6.07) is 4.99. The number of fused-ring (bicyclic) bond motifs is 1. The molecule has 0 unspecified atom stereocenters. The van der Waals surface area contributed by atoms with Crippen LogP contribution in [0.1, 0.15) is 33.1 Å². The third-order valence-corrected chi connectivity index (χ3v) is 7.35. The Kier molecular flexibility index (Phi) is 10.6. The van der Waals surface area contributed by atoms with E-state index >= 15 is 0 Å². The van der Waals surface area contributed by atoms with Crippen molar-refractivity contribution in [2.45, 2.75) is 44.1 Å². The highest BCUT2D eigenvalue weighted by Gasteiger charge is 2.26. The van der Waals surface area contributed by atoms with E-state index in [2.05, 4.69) is 15.3 Å². The minimum atomic E-state index is -0.278. The number of ether oxygens (including phenoxy) is 1. The number of carbonyl (C=O) groups is 1. The number of piperidine rings is 1. The number of hydrogen-bond donors (Lipinski definition) is 2. The fourth-order valence-electron chi connectivity index (χ4n) is 3.95. The minimum absolute atomic E-state index is 0. The number of nitrogens with zero attached hydrogens (tertiary/aromatic N) is 3. The number of urea groups is 1. The van der Waals surface area contributed by atoms with Crippen LogP contribution in [0, 0.1) is 17.1 Å². The minimum Gasteiger partial charge on any atom is -0.473 e. The Labute approximate surface area is 217 Å². The summed E-state index contributed by atoms with van der Waals surface area (Å²) in [7, 11) is 0. The molecule has 4 rings (SSSR count). The van der Waals surface area contributed by atoms with Crippen LogP contribution in [0.5, 0.6) is 5.88 Å². The number of thioether (sulfide) groups is 1. The molecule has 2 amide bonds. The van der Waals surface area contributed by atoms with Crippen LogP contribution in [0.25, 0.3) is 21.3 Å². The standard InChI is InChI=1S/C24H28FN5O2S2.2H2O/c1-14(2)10-20(26)29-24(31)30-8-6-15(7-9-30)32-23-22-21(27-13-28-23)18(12-34-22)17-5-4-16(33-3)11-19(17)25;;/h4-5,11-15H,6-10H2,1-3H3,(H2,26,29,31);2*1H2. The molecule has 0 atom stereocenters. The second kappa shape index (κ2) is 12.9. The normalized spacial score (nSPS) is 13.8. The number of halogens is 1. The Morgan fingerprint density at radius 1 is 1.28 bits per heavy atom. The van der Waals surface area contributed by atoms with Crippen LogP contribution < -0.4 is 10.1 Å². The molecule has 1 saturated heterocycles. The number of amidine groups is 1. The Bertz CT molecular complexity index is 1200. The zero-order valence-corrected chi connectivity index (χ0v) is 22.1. The largest absolute Gasteiger partial charge is 0.473 e. The predicted molar refractivity (Wildman–Crippen MR) is 143 cm³/mol. The molecule has 196 valence electrons. The van der Waals surface area contributed by atoms with Crippen LogP contribution in [0.15, 0.2) is 34.8 Å². The number of aromatic nitrogens is 2. The molecule has 1 aliphatic heterocycles. The lowest BCUT2D eigenvalue weighted by atomic mass is 10.1. The van der Waals surface area contributed by atoms with Crippen molar-refractivity contribution in [2.24, 2.45) is 5.92 Å². The number of nitrogens with one attached hydrogen (secondary N) is 2. The molecular formula is C24H32FN5O4S2. The summed E-state index contributed by atoms with van der Waals surface area (Å²) >= 11 is 2.94. The van der Waals surface area contributed by atoms with Crippen LogP contribution >= 0.6 is 23.1 Å². The highest BCUT2D eigenvalue weighted by molar-refractivity contribution is 7.98. The molecule has 0 bridgehead atoms. The maximum absolute atomic E-state index is 14.7. The number of benzene rings is 1. The van der Waals surface area contributed by atoms with E-state index in [1.165, 1.54) is 35.5 Å². The molecule has 3 heterocycles. The monoisotopic (exact) mass is 537 g/mol. The molecule has 0 saturated carbocycles. The van der Waals surface area contributed by atoms with Crippen molar-refractivity contribution in [3.8, 4) is 17.0 Å². The van der Waals surface area contributed by atoms with E-state index in [0.29, 0.717) is 55.2 Å². The zero-order valence-electron chi connectivity index (χ0n) is 20.4. The topological polar surface area (TPSA) is 154 Å². The lowest BCUT2D eigenvalue weighted by Crippen LogP contribution is -2.48. The summed E-state index contributed by atoms with van der Waals surface area (Å²) in [5, 5.41) is 12.5. The van der Waals surface area contributed by atoms with Crippen molar-refractivity contribution < 1.29 is 24.9 Å². The third-order valence-electron chi connectivity index (χ3n) is 5.67. The van der Waals surface area contributed by atoms with Crippen molar-refractivity contribution in [3.05, 3.63) is 35.7 Å². The first-order valence-corrected chi connectivity index (χ1v) is 13.3. The summed E-state index contributed by atoms with van der Waals surface area (Å²) in [5.41, 5.74) is 1.91. The second-order valence-corrected chi connectivity index (χ2v) is 10.4. The van der Waals surface area contributed by atoms with Crippen LogP contribution in [0.4, 0.5) is 9.18 Å². The van der Waals surface area contributed by atoms with E-state index in [1.807, 2.05) is 31.5 Å². The molecule has 6 N–H and O–H groups in total. The number of likely N-dealkylation sites (tertiary alicyclic amines) is 1. The van der Waals surface area contributed by atoms with Crippen molar-refractivity contribution in [2.75, 3.05) is 19.3 Å². The molecule has 0 radical (unpaired) electrons. The molecule has 2 aromatic heterocycles. The average molecular weight is 538 g/mol. The molecule has 3 aromatic rings. The smallest absolute Gasteiger partial charge is 0.322 e. The van der Waals surface area contributed by atoms with E-state index in [0.717, 1.165) is 15.2 Å². The van der Waals surface area contributed by atoms with E-state index < -0.39 is 0 Å². The lowest BCUT2D eigenvalue weighted by molar-refractivity contribution is 0.110. The van der Waals surface area contributed by atoms with Crippen LogP contribution in [-0.2, 0) is 0 Å². The van der Waals surface area contributed by atoms with Gasteiger partial charge in [0, 0.05) is 53.8 Å². The van der Waals surface area contributed by atoms with Gasteiger partial charge in [-0.1, -0.05) is 19.9 Å². The zero-order chi connectivity index (χ0) is 24.2. The SMILES string of the molecule is CSc1ccc(-c2csc3c(OC4CCN(C(=O)NC(=N)CC(C)C)CC4)ncnc23)c(F)c1.O.O. The molecule has 0 aliphatic carbocycles. The molecular weight excluding hydrogens is 505 g/mol. The Morgan fingerprint density at radius 3 is 2.64 bits per heavy atom. The van der Waals surface area contributed by atoms with Gasteiger partial charge in [-0.25, -0.2) is 19.2 Å². The van der Waals surface area contributed by atoms with Gasteiger partial charge in [-0.05, 0) is 24.3 Å². The highest BCUT2D eigenvalue weighted by Crippen LogP contribution is 2.38. The molecule has 0 spiro atoms. The number of hydrogen-bond acceptors (Lipinski definition) is 7. The first-order valence-electron chi connectivity index (χ1n) is 11.2. The number of rotatable bonds is 6. The summed E-state index contributed by atoms with van der Waals surface area (Å²) in [6.45, 7) is 5.12. The highest BCUT2D eigenvalue weighted by atomic mass is 32.2. The van der Waals surface area contributed by atoms with Gasteiger partial charge in [0.15, 0.2) is 0 Å². The van der Waals surface area contributed by atoms with Gasteiger partial charge < -0.3 is 20.6 Å². The van der Waals surface area contributed by atoms with Gasteiger partial charge in [0.05, 0.1) is 5.52 Å². The van der Waals surface area contributed by atoms with E-state index in [-0.39, 0.29) is 34.7 Å². The lowest BCUT2D eigenvalue weighted by Gasteiger charge is -2.32. The van der Waals surface area contributed by atoms with E-state index in [1.54, 1.807) is 11.0 Å². The average Bonchev–Trinajstić information content (AvgIpc) is 3.23.